The monoisotopic (exact) mass is 639 g/mol. The van der Waals surface area contributed by atoms with Crippen LogP contribution in [0.3, 0.4) is 0 Å². The Morgan fingerprint density at radius 2 is 1.53 bits per heavy atom. The lowest BCUT2D eigenvalue weighted by atomic mass is 9.62. The molecule has 0 saturated carbocycles. The van der Waals surface area contributed by atoms with E-state index in [2.05, 4.69) is 10.6 Å². The van der Waals surface area contributed by atoms with Crippen LogP contribution in [0.25, 0.3) is 0 Å². The number of nitrogens with zero attached hydrogens (tertiary/aromatic N) is 1. The lowest BCUT2D eigenvalue weighted by Gasteiger charge is -2.42. The van der Waals surface area contributed by atoms with Gasteiger partial charge in [-0.05, 0) is 67.3 Å². The summed E-state index contributed by atoms with van der Waals surface area (Å²) in [6.07, 6.45) is 5.02. The number of benzene rings is 3. The van der Waals surface area contributed by atoms with E-state index in [1.807, 2.05) is 71.6 Å². The van der Waals surface area contributed by atoms with Crippen LogP contribution in [0.2, 0.25) is 0 Å². The van der Waals surface area contributed by atoms with E-state index in [-0.39, 0.29) is 35.7 Å². The number of piperidine rings is 1. The minimum atomic E-state index is -0.920. The number of methoxy groups -OCH3 is 2. The molecule has 0 bridgehead atoms. The van der Waals surface area contributed by atoms with Crippen molar-refractivity contribution in [1.82, 2.24) is 15.5 Å². The van der Waals surface area contributed by atoms with Gasteiger partial charge in [0, 0.05) is 32.1 Å². The molecule has 0 spiro atoms. The van der Waals surface area contributed by atoms with Gasteiger partial charge in [0.2, 0.25) is 11.8 Å². The maximum atomic E-state index is 14.2. The second-order valence-corrected chi connectivity index (χ2v) is 12.4. The van der Waals surface area contributed by atoms with Crippen molar-refractivity contribution in [3.63, 3.8) is 0 Å². The van der Waals surface area contributed by atoms with Crippen LogP contribution in [0.1, 0.15) is 84.3 Å². The van der Waals surface area contributed by atoms with E-state index in [1.54, 1.807) is 19.2 Å². The van der Waals surface area contributed by atoms with Crippen LogP contribution in [-0.2, 0) is 24.5 Å². The summed E-state index contributed by atoms with van der Waals surface area (Å²) in [5.41, 5.74) is 2.26. The SMILES string of the molecule is COC(=O)CCCCCNC(=O)[C@@]1(c2ccccc2)CC[C@H](C(=O)N2CCC(NC(=O)c3ccccc3OC)CC2)c2ccccc21. The van der Waals surface area contributed by atoms with Gasteiger partial charge in [0.05, 0.1) is 31.1 Å². The quantitative estimate of drug-likeness (QED) is 0.210. The average molecular weight is 640 g/mol. The van der Waals surface area contributed by atoms with Crippen LogP contribution in [0.4, 0.5) is 0 Å². The van der Waals surface area contributed by atoms with Gasteiger partial charge >= 0.3 is 5.97 Å². The fourth-order valence-corrected chi connectivity index (χ4v) is 7.07. The lowest BCUT2D eigenvalue weighted by Crippen LogP contribution is -2.51. The van der Waals surface area contributed by atoms with Gasteiger partial charge in [-0.2, -0.15) is 0 Å². The molecule has 47 heavy (non-hydrogen) atoms. The Morgan fingerprint density at radius 1 is 0.830 bits per heavy atom. The van der Waals surface area contributed by atoms with Crippen LogP contribution >= 0.6 is 0 Å². The molecule has 2 atom stereocenters. The molecule has 3 amide bonds. The highest BCUT2D eigenvalue weighted by Crippen LogP contribution is 2.48. The molecule has 0 aromatic heterocycles. The van der Waals surface area contributed by atoms with E-state index in [1.165, 1.54) is 7.11 Å². The number of likely N-dealkylation sites (tertiary alicyclic amines) is 1. The van der Waals surface area contributed by atoms with Crippen LogP contribution in [0, 0.1) is 0 Å². The first-order chi connectivity index (χ1) is 22.9. The van der Waals surface area contributed by atoms with E-state index in [0.29, 0.717) is 69.5 Å². The topological polar surface area (TPSA) is 114 Å². The first-order valence-corrected chi connectivity index (χ1v) is 16.6. The van der Waals surface area contributed by atoms with Gasteiger partial charge in [0.1, 0.15) is 5.75 Å². The molecule has 3 aromatic rings. The molecular formula is C38H45N3O6. The van der Waals surface area contributed by atoms with Gasteiger partial charge in [-0.25, -0.2) is 0 Å². The molecule has 2 aliphatic rings. The van der Waals surface area contributed by atoms with Crippen LogP contribution < -0.4 is 15.4 Å². The van der Waals surface area contributed by atoms with Gasteiger partial charge in [-0.3, -0.25) is 19.2 Å². The van der Waals surface area contributed by atoms with Crippen molar-refractivity contribution in [3.8, 4) is 5.75 Å². The number of esters is 1. The second-order valence-electron chi connectivity index (χ2n) is 12.4. The fourth-order valence-electron chi connectivity index (χ4n) is 7.07. The molecule has 5 rings (SSSR count). The number of carbonyl (C=O) groups is 4. The number of para-hydroxylation sites is 1. The number of fused-ring (bicyclic) bond motifs is 1. The Morgan fingerprint density at radius 3 is 2.28 bits per heavy atom. The van der Waals surface area contributed by atoms with E-state index in [9.17, 15) is 19.2 Å². The summed E-state index contributed by atoms with van der Waals surface area (Å²) in [6, 6.07) is 24.8. The summed E-state index contributed by atoms with van der Waals surface area (Å²) < 4.78 is 10.1. The highest BCUT2D eigenvalue weighted by atomic mass is 16.5. The highest BCUT2D eigenvalue weighted by molar-refractivity contribution is 5.97. The molecule has 0 unspecified atom stereocenters. The average Bonchev–Trinajstić information content (AvgIpc) is 3.12. The predicted octanol–water partition coefficient (Wildman–Crippen LogP) is 5.13. The third-order valence-corrected chi connectivity index (χ3v) is 9.62. The smallest absolute Gasteiger partial charge is 0.305 e. The number of ether oxygens (including phenoxy) is 2. The maximum Gasteiger partial charge on any atom is 0.305 e. The Kier molecular flexibility index (Phi) is 11.3. The van der Waals surface area contributed by atoms with Crippen molar-refractivity contribution >= 4 is 23.7 Å². The molecule has 1 aliphatic heterocycles. The zero-order valence-corrected chi connectivity index (χ0v) is 27.3. The molecular weight excluding hydrogens is 594 g/mol. The summed E-state index contributed by atoms with van der Waals surface area (Å²) in [4.78, 5) is 54.6. The Labute approximate surface area is 277 Å². The number of amides is 3. The summed E-state index contributed by atoms with van der Waals surface area (Å²) in [6.45, 7) is 1.60. The van der Waals surface area contributed by atoms with Crippen molar-refractivity contribution in [2.24, 2.45) is 0 Å². The van der Waals surface area contributed by atoms with Crippen molar-refractivity contribution < 1.29 is 28.7 Å². The lowest BCUT2D eigenvalue weighted by molar-refractivity contribution is -0.140. The van der Waals surface area contributed by atoms with Crippen molar-refractivity contribution in [2.45, 2.75) is 68.7 Å². The summed E-state index contributed by atoms with van der Waals surface area (Å²) in [5.74, 6) is -0.218. The molecule has 9 heteroatoms. The number of hydrogen-bond acceptors (Lipinski definition) is 6. The van der Waals surface area contributed by atoms with Crippen LogP contribution in [0.15, 0.2) is 78.9 Å². The molecule has 2 N–H and O–H groups in total. The standard InChI is InChI=1S/C38H45N3O6/c1-46-33-18-11-9-16-31(33)35(43)40-28-21-25-41(26-22-28)36(44)30-20-23-38(27-13-5-3-6-14-27,32-17-10-8-15-29(30)32)37(45)39-24-12-4-7-19-34(42)47-2/h3,5-6,8-11,13-18,28,30H,4,7,12,19-26H2,1-2H3,(H,39,45)(H,40,43)/t30-,38+/m0/s1. The third kappa shape index (κ3) is 7.50. The Hall–Kier alpha value is -4.66. The van der Waals surface area contributed by atoms with E-state index >= 15 is 0 Å². The second kappa shape index (κ2) is 15.8. The number of rotatable bonds is 12. The maximum absolute atomic E-state index is 14.2. The summed E-state index contributed by atoms with van der Waals surface area (Å²) >= 11 is 0. The van der Waals surface area contributed by atoms with E-state index < -0.39 is 5.41 Å². The number of unbranched alkanes of at least 4 members (excludes halogenated alkanes) is 2. The zero-order chi connectivity index (χ0) is 33.2. The zero-order valence-electron chi connectivity index (χ0n) is 27.3. The first-order valence-electron chi connectivity index (χ1n) is 16.6. The van der Waals surface area contributed by atoms with Gasteiger partial charge in [0.15, 0.2) is 0 Å². The minimum absolute atomic E-state index is 0.0370. The molecule has 0 radical (unpaired) electrons. The summed E-state index contributed by atoms with van der Waals surface area (Å²) in [5, 5.41) is 6.31. The Balaban J connectivity index is 1.27. The third-order valence-electron chi connectivity index (χ3n) is 9.62. The predicted molar refractivity (Wildman–Crippen MR) is 179 cm³/mol. The van der Waals surface area contributed by atoms with E-state index in [0.717, 1.165) is 29.5 Å². The molecule has 1 heterocycles. The number of nitrogens with one attached hydrogen (secondary N) is 2. The van der Waals surface area contributed by atoms with Crippen molar-refractivity contribution in [2.75, 3.05) is 33.9 Å². The number of carbonyl (C=O) groups excluding carboxylic acids is 4. The fraction of sp³-hybridized carbons (Fsp3) is 0.421. The molecule has 1 aliphatic carbocycles. The van der Waals surface area contributed by atoms with E-state index in [4.69, 9.17) is 9.47 Å². The molecule has 1 fully saturated rings. The molecule has 9 nitrogen and oxygen atoms in total. The Bertz CT molecular complexity index is 1550. The van der Waals surface area contributed by atoms with Gasteiger partial charge < -0.3 is 25.0 Å². The molecule has 1 saturated heterocycles. The van der Waals surface area contributed by atoms with Gasteiger partial charge in [-0.1, -0.05) is 73.2 Å². The van der Waals surface area contributed by atoms with Crippen molar-refractivity contribution in [3.05, 3.63) is 101 Å². The molecule has 3 aromatic carbocycles. The van der Waals surface area contributed by atoms with Gasteiger partial charge in [0.25, 0.3) is 5.91 Å². The van der Waals surface area contributed by atoms with Crippen molar-refractivity contribution in [1.29, 1.82) is 0 Å². The highest BCUT2D eigenvalue weighted by Gasteiger charge is 2.48. The molecule has 248 valence electrons. The van der Waals surface area contributed by atoms with Crippen LogP contribution in [0.5, 0.6) is 5.75 Å². The first kappa shape index (κ1) is 33.7. The number of hydrogen-bond donors (Lipinski definition) is 2. The minimum Gasteiger partial charge on any atom is -0.496 e. The summed E-state index contributed by atoms with van der Waals surface area (Å²) in [7, 11) is 2.94. The normalized spacial score (nSPS) is 19.3. The van der Waals surface area contributed by atoms with Gasteiger partial charge in [-0.15, -0.1) is 0 Å². The largest absolute Gasteiger partial charge is 0.496 e. The van der Waals surface area contributed by atoms with Crippen LogP contribution in [-0.4, -0.2) is 68.5 Å².